The molecule has 4 rings (SSSR count). The third-order valence-electron chi connectivity index (χ3n) is 6.13. The molecule has 0 bridgehead atoms. The highest BCUT2D eigenvalue weighted by Crippen LogP contribution is 2.34. The molecule has 0 spiro atoms. The zero-order valence-electron chi connectivity index (χ0n) is 19.7. The van der Waals surface area contributed by atoms with Crippen molar-refractivity contribution in [2.45, 2.75) is 39.3 Å². The van der Waals surface area contributed by atoms with Crippen LogP contribution in [0.2, 0.25) is 5.02 Å². The number of aryl methyl sites for hydroxylation is 1. The van der Waals surface area contributed by atoms with Crippen molar-refractivity contribution in [3.05, 3.63) is 86.6 Å². The number of carbonyl (C=O) groups is 2. The standard InChI is InChI=1S/C27H29ClN2O3S/c1-18(2)30(27(32)20-6-4-19(3)5-7-20)16-26(31)29-14-12-25-23(13-15-34-25)24(29)17-33-22-10-8-21(28)9-11-22/h4-11,13,15,18,24H,12,14,16-17H2,1-3H3. The van der Waals surface area contributed by atoms with Gasteiger partial charge in [-0.3, -0.25) is 9.59 Å². The van der Waals surface area contributed by atoms with Gasteiger partial charge in [-0.05, 0) is 80.6 Å². The Balaban J connectivity index is 1.52. The first-order valence-corrected chi connectivity index (χ1v) is 12.7. The maximum Gasteiger partial charge on any atom is 0.254 e. The molecule has 1 aromatic heterocycles. The summed E-state index contributed by atoms with van der Waals surface area (Å²) < 4.78 is 6.06. The molecule has 0 radical (unpaired) electrons. The van der Waals surface area contributed by atoms with Crippen molar-refractivity contribution in [3.8, 4) is 5.75 Å². The van der Waals surface area contributed by atoms with Crippen LogP contribution in [0.15, 0.2) is 60.0 Å². The second-order valence-electron chi connectivity index (χ2n) is 8.81. The van der Waals surface area contributed by atoms with E-state index in [1.807, 2.05) is 62.1 Å². The van der Waals surface area contributed by atoms with E-state index in [-0.39, 0.29) is 30.4 Å². The van der Waals surface area contributed by atoms with Gasteiger partial charge in [-0.1, -0.05) is 29.3 Å². The van der Waals surface area contributed by atoms with Crippen LogP contribution in [-0.2, 0) is 11.2 Å². The number of benzene rings is 2. The summed E-state index contributed by atoms with van der Waals surface area (Å²) in [4.78, 5) is 31.6. The molecule has 1 aliphatic heterocycles. The van der Waals surface area contributed by atoms with Crippen LogP contribution in [0.4, 0.5) is 0 Å². The van der Waals surface area contributed by atoms with Crippen LogP contribution in [0.5, 0.6) is 5.75 Å². The summed E-state index contributed by atoms with van der Waals surface area (Å²) in [5, 5.41) is 2.71. The molecule has 5 nitrogen and oxygen atoms in total. The van der Waals surface area contributed by atoms with E-state index in [4.69, 9.17) is 16.3 Å². The Hall–Kier alpha value is -2.83. The Morgan fingerprint density at radius 1 is 1.12 bits per heavy atom. The van der Waals surface area contributed by atoms with Crippen molar-refractivity contribution in [2.24, 2.45) is 0 Å². The van der Waals surface area contributed by atoms with Gasteiger partial charge in [0.15, 0.2) is 0 Å². The molecule has 1 aliphatic rings. The monoisotopic (exact) mass is 496 g/mol. The van der Waals surface area contributed by atoms with Gasteiger partial charge < -0.3 is 14.5 Å². The van der Waals surface area contributed by atoms with E-state index in [0.29, 0.717) is 29.5 Å². The van der Waals surface area contributed by atoms with Crippen molar-refractivity contribution < 1.29 is 14.3 Å². The lowest BCUT2D eigenvalue weighted by atomic mass is 10.00. The number of fused-ring (bicyclic) bond motifs is 1. The summed E-state index contributed by atoms with van der Waals surface area (Å²) >= 11 is 7.70. The second kappa shape index (κ2) is 10.6. The smallest absolute Gasteiger partial charge is 0.254 e. The predicted molar refractivity (Wildman–Crippen MR) is 137 cm³/mol. The van der Waals surface area contributed by atoms with Crippen molar-refractivity contribution in [2.75, 3.05) is 19.7 Å². The van der Waals surface area contributed by atoms with Gasteiger partial charge in [-0.15, -0.1) is 11.3 Å². The van der Waals surface area contributed by atoms with Gasteiger partial charge in [0.1, 0.15) is 18.9 Å². The van der Waals surface area contributed by atoms with Crippen LogP contribution in [-0.4, -0.2) is 47.4 Å². The van der Waals surface area contributed by atoms with Crippen LogP contribution in [0.1, 0.15) is 46.3 Å². The fraction of sp³-hybridized carbons (Fsp3) is 0.333. The quantitative estimate of drug-likeness (QED) is 0.417. The predicted octanol–water partition coefficient (Wildman–Crippen LogP) is 5.77. The lowest BCUT2D eigenvalue weighted by Gasteiger charge is -2.37. The van der Waals surface area contributed by atoms with E-state index in [9.17, 15) is 9.59 Å². The molecule has 2 amide bonds. The summed E-state index contributed by atoms with van der Waals surface area (Å²) in [6.45, 7) is 6.83. The molecule has 178 valence electrons. The van der Waals surface area contributed by atoms with E-state index in [1.165, 1.54) is 4.88 Å². The Kier molecular flexibility index (Phi) is 7.59. The topological polar surface area (TPSA) is 49.9 Å². The van der Waals surface area contributed by atoms with Crippen molar-refractivity contribution in [1.82, 2.24) is 9.80 Å². The number of hydrogen-bond acceptors (Lipinski definition) is 4. The molecule has 0 aliphatic carbocycles. The number of amides is 2. The maximum absolute atomic E-state index is 13.6. The minimum Gasteiger partial charge on any atom is -0.491 e. The highest BCUT2D eigenvalue weighted by molar-refractivity contribution is 7.10. The molecule has 7 heteroatoms. The van der Waals surface area contributed by atoms with Crippen LogP contribution in [0.3, 0.4) is 0 Å². The third kappa shape index (κ3) is 5.45. The van der Waals surface area contributed by atoms with E-state index in [2.05, 4.69) is 11.4 Å². The maximum atomic E-state index is 13.6. The minimum absolute atomic E-state index is 0.0291. The SMILES string of the molecule is Cc1ccc(C(=O)N(CC(=O)N2CCc3sccc3C2COc2ccc(Cl)cc2)C(C)C)cc1. The summed E-state index contributed by atoms with van der Waals surface area (Å²) in [5.74, 6) is 0.499. The molecule has 3 aromatic rings. The molecule has 2 heterocycles. The highest BCUT2D eigenvalue weighted by atomic mass is 35.5. The van der Waals surface area contributed by atoms with Gasteiger partial charge in [0, 0.05) is 28.0 Å². The summed E-state index contributed by atoms with van der Waals surface area (Å²) in [6, 6.07) is 16.5. The Morgan fingerprint density at radius 2 is 1.82 bits per heavy atom. The molecule has 0 N–H and O–H groups in total. The molecule has 0 saturated carbocycles. The number of rotatable bonds is 7. The van der Waals surface area contributed by atoms with Gasteiger partial charge in [0.05, 0.1) is 6.04 Å². The second-order valence-corrected chi connectivity index (χ2v) is 10.2. The van der Waals surface area contributed by atoms with E-state index in [1.54, 1.807) is 28.4 Å². The number of hydrogen-bond donors (Lipinski definition) is 0. The molecule has 2 aromatic carbocycles. The lowest BCUT2D eigenvalue weighted by molar-refractivity contribution is -0.136. The van der Waals surface area contributed by atoms with Crippen LogP contribution in [0, 0.1) is 6.92 Å². The van der Waals surface area contributed by atoms with Gasteiger partial charge in [-0.2, -0.15) is 0 Å². The fourth-order valence-electron chi connectivity index (χ4n) is 4.17. The summed E-state index contributed by atoms with van der Waals surface area (Å²) in [6.07, 6.45) is 0.809. The molecule has 1 atom stereocenters. The van der Waals surface area contributed by atoms with Gasteiger partial charge in [0.25, 0.3) is 5.91 Å². The van der Waals surface area contributed by atoms with Crippen molar-refractivity contribution in [1.29, 1.82) is 0 Å². The first kappa shape index (κ1) is 24.3. The molecule has 34 heavy (non-hydrogen) atoms. The zero-order chi connectivity index (χ0) is 24.2. The molecule has 0 fully saturated rings. The van der Waals surface area contributed by atoms with Gasteiger partial charge in [0.2, 0.25) is 5.91 Å². The third-order valence-corrected chi connectivity index (χ3v) is 7.37. The van der Waals surface area contributed by atoms with E-state index >= 15 is 0 Å². The highest BCUT2D eigenvalue weighted by Gasteiger charge is 2.34. The van der Waals surface area contributed by atoms with Crippen LogP contribution in [0.25, 0.3) is 0 Å². The van der Waals surface area contributed by atoms with Gasteiger partial charge >= 0.3 is 0 Å². The van der Waals surface area contributed by atoms with E-state index < -0.39 is 0 Å². The van der Waals surface area contributed by atoms with Gasteiger partial charge in [-0.25, -0.2) is 0 Å². The summed E-state index contributed by atoms with van der Waals surface area (Å²) in [7, 11) is 0. The van der Waals surface area contributed by atoms with Crippen LogP contribution >= 0.6 is 22.9 Å². The Labute approximate surface area is 209 Å². The number of carbonyl (C=O) groups excluding carboxylic acids is 2. The lowest BCUT2D eigenvalue weighted by Crippen LogP contribution is -2.49. The average Bonchev–Trinajstić information content (AvgIpc) is 3.31. The Bertz CT molecular complexity index is 1140. The normalized spacial score (nSPS) is 15.2. The first-order valence-electron chi connectivity index (χ1n) is 11.4. The number of thiophene rings is 1. The number of ether oxygens (including phenoxy) is 1. The molecule has 1 unspecified atom stereocenters. The number of nitrogens with zero attached hydrogens (tertiary/aromatic N) is 2. The first-order chi connectivity index (χ1) is 16.3. The molecular weight excluding hydrogens is 468 g/mol. The fourth-order valence-corrected chi connectivity index (χ4v) is 5.22. The molecular formula is C27H29ClN2O3S. The van der Waals surface area contributed by atoms with Crippen LogP contribution < -0.4 is 4.74 Å². The summed E-state index contributed by atoms with van der Waals surface area (Å²) in [5.41, 5.74) is 2.81. The van der Waals surface area contributed by atoms with Crippen molar-refractivity contribution in [3.63, 3.8) is 0 Å². The largest absolute Gasteiger partial charge is 0.491 e. The average molecular weight is 497 g/mol. The van der Waals surface area contributed by atoms with Crippen molar-refractivity contribution >= 4 is 34.8 Å². The zero-order valence-corrected chi connectivity index (χ0v) is 21.2. The minimum atomic E-state index is -0.207. The number of halogens is 1. The molecule has 0 saturated heterocycles. The van der Waals surface area contributed by atoms with E-state index in [0.717, 1.165) is 17.5 Å². The Morgan fingerprint density at radius 3 is 2.50 bits per heavy atom.